The summed E-state index contributed by atoms with van der Waals surface area (Å²) in [5.41, 5.74) is 1.42. The summed E-state index contributed by atoms with van der Waals surface area (Å²) in [5.74, 6) is 2.00. The van der Waals surface area contributed by atoms with Gasteiger partial charge in [0.05, 0.1) is 0 Å². The highest BCUT2D eigenvalue weighted by Gasteiger charge is 2.05. The van der Waals surface area contributed by atoms with Crippen molar-refractivity contribution in [1.82, 2.24) is 0 Å². The molecule has 2 heteroatoms. The minimum atomic E-state index is 0.936. The second-order valence-electron chi connectivity index (χ2n) is 3.93. The van der Waals surface area contributed by atoms with Gasteiger partial charge in [-0.2, -0.15) is 0 Å². The second kappa shape index (κ2) is 5.26. The lowest BCUT2D eigenvalue weighted by Crippen LogP contribution is -1.99. The van der Waals surface area contributed by atoms with Gasteiger partial charge in [-0.25, -0.2) is 0 Å². The molecule has 84 valence electrons. The number of benzene rings is 1. The average Bonchev–Trinajstić information content (AvgIpc) is 2.32. The molecule has 1 aromatic rings. The average molecular weight is 232 g/mol. The van der Waals surface area contributed by atoms with Crippen molar-refractivity contribution in [3.05, 3.63) is 47.7 Å². The zero-order valence-electron chi connectivity index (χ0n) is 9.69. The zero-order chi connectivity index (χ0) is 11.4. The first-order valence-electron chi connectivity index (χ1n) is 5.46. The fourth-order valence-electron chi connectivity index (χ4n) is 1.62. The van der Waals surface area contributed by atoms with E-state index in [1.165, 1.54) is 10.5 Å². The predicted molar refractivity (Wildman–Crippen MR) is 69.9 cm³/mol. The molecule has 1 nitrogen and oxygen atoms in total. The summed E-state index contributed by atoms with van der Waals surface area (Å²) in [6.07, 6.45) is 8.40. The number of rotatable bonds is 3. The van der Waals surface area contributed by atoms with Gasteiger partial charge in [-0.3, -0.25) is 0 Å². The number of hydrogen-bond acceptors (Lipinski definition) is 2. The summed E-state index contributed by atoms with van der Waals surface area (Å²) in [7, 11) is 0. The van der Waals surface area contributed by atoms with E-state index < -0.39 is 0 Å². The van der Waals surface area contributed by atoms with Crippen molar-refractivity contribution in [3.63, 3.8) is 0 Å². The lowest BCUT2D eigenvalue weighted by molar-refractivity contribution is 0.400. The van der Waals surface area contributed by atoms with E-state index in [-0.39, 0.29) is 0 Å². The monoisotopic (exact) mass is 232 g/mol. The Morgan fingerprint density at radius 2 is 2.06 bits per heavy atom. The van der Waals surface area contributed by atoms with Gasteiger partial charge in [0, 0.05) is 11.3 Å². The van der Waals surface area contributed by atoms with Gasteiger partial charge in [-0.05, 0) is 43.9 Å². The van der Waals surface area contributed by atoms with Gasteiger partial charge in [0.1, 0.15) is 11.5 Å². The van der Waals surface area contributed by atoms with Gasteiger partial charge in [-0.1, -0.05) is 17.7 Å². The molecule has 16 heavy (non-hydrogen) atoms. The van der Waals surface area contributed by atoms with Gasteiger partial charge in [-0.15, -0.1) is 11.8 Å². The molecule has 0 N–H and O–H groups in total. The van der Waals surface area contributed by atoms with Gasteiger partial charge in [0.2, 0.25) is 0 Å². The quantitative estimate of drug-likeness (QED) is 0.714. The second-order valence-corrected chi connectivity index (χ2v) is 4.81. The summed E-state index contributed by atoms with van der Waals surface area (Å²) in [6.45, 7) is 2.15. The fraction of sp³-hybridized carbons (Fsp3) is 0.286. The van der Waals surface area contributed by atoms with Crippen LogP contribution in [0.25, 0.3) is 0 Å². The molecule has 0 aromatic heterocycles. The maximum atomic E-state index is 5.85. The standard InChI is InChI=1S/C14H16OS/c1-11-6-8-12(9-7-11)15-13-4-3-5-14(10-13)16-2/h3-6,8,10H,7,9H2,1-2H3. The Morgan fingerprint density at radius 3 is 2.75 bits per heavy atom. The van der Waals surface area contributed by atoms with E-state index in [1.54, 1.807) is 11.8 Å². The van der Waals surface area contributed by atoms with Crippen LogP contribution in [0, 0.1) is 0 Å². The van der Waals surface area contributed by atoms with Crippen LogP contribution in [0.2, 0.25) is 0 Å². The molecule has 0 radical (unpaired) electrons. The Labute approximate surface area is 101 Å². The number of hydrogen-bond donors (Lipinski definition) is 0. The van der Waals surface area contributed by atoms with Crippen molar-refractivity contribution in [1.29, 1.82) is 0 Å². The molecular formula is C14H16OS. The van der Waals surface area contributed by atoms with Crippen LogP contribution in [0.1, 0.15) is 19.8 Å². The normalized spacial score (nSPS) is 15.4. The molecule has 0 heterocycles. The van der Waals surface area contributed by atoms with Crippen molar-refractivity contribution >= 4 is 11.8 Å². The molecule has 1 aromatic carbocycles. The maximum Gasteiger partial charge on any atom is 0.128 e. The summed E-state index contributed by atoms with van der Waals surface area (Å²) in [5, 5.41) is 0. The van der Waals surface area contributed by atoms with Crippen LogP contribution in [0.3, 0.4) is 0 Å². The van der Waals surface area contributed by atoms with Gasteiger partial charge in [0.15, 0.2) is 0 Å². The Balaban J connectivity index is 2.09. The van der Waals surface area contributed by atoms with Gasteiger partial charge in [0.25, 0.3) is 0 Å². The molecular weight excluding hydrogens is 216 g/mol. The van der Waals surface area contributed by atoms with Crippen molar-refractivity contribution in [2.75, 3.05) is 6.26 Å². The first kappa shape index (κ1) is 11.3. The molecule has 0 fully saturated rings. The molecule has 0 aliphatic heterocycles. The van der Waals surface area contributed by atoms with Crippen LogP contribution in [0.5, 0.6) is 5.75 Å². The van der Waals surface area contributed by atoms with Gasteiger partial charge >= 0.3 is 0 Å². The predicted octanol–water partition coefficient (Wildman–Crippen LogP) is 4.41. The lowest BCUT2D eigenvalue weighted by Gasteiger charge is -2.13. The van der Waals surface area contributed by atoms with E-state index in [1.807, 2.05) is 12.1 Å². The van der Waals surface area contributed by atoms with Crippen LogP contribution in [-0.4, -0.2) is 6.26 Å². The summed E-state index contributed by atoms with van der Waals surface area (Å²) < 4.78 is 5.85. The van der Waals surface area contributed by atoms with Crippen molar-refractivity contribution in [2.24, 2.45) is 0 Å². The first-order chi connectivity index (χ1) is 7.78. The van der Waals surface area contributed by atoms with E-state index in [2.05, 4.69) is 37.5 Å². The van der Waals surface area contributed by atoms with Gasteiger partial charge < -0.3 is 4.74 Å². The van der Waals surface area contributed by atoms with Crippen molar-refractivity contribution in [2.45, 2.75) is 24.7 Å². The third kappa shape index (κ3) is 2.92. The molecule has 0 bridgehead atoms. The molecule has 0 atom stereocenters. The number of ether oxygens (including phenoxy) is 1. The van der Waals surface area contributed by atoms with Crippen LogP contribution >= 0.6 is 11.8 Å². The van der Waals surface area contributed by atoms with Crippen molar-refractivity contribution in [3.8, 4) is 5.75 Å². The summed E-state index contributed by atoms with van der Waals surface area (Å²) in [6, 6.07) is 8.21. The Bertz CT molecular complexity index is 432. The number of thioether (sulfide) groups is 1. The largest absolute Gasteiger partial charge is 0.462 e. The topological polar surface area (TPSA) is 9.23 Å². The molecule has 0 amide bonds. The van der Waals surface area contributed by atoms with Crippen LogP contribution < -0.4 is 4.74 Å². The third-order valence-electron chi connectivity index (χ3n) is 2.61. The van der Waals surface area contributed by atoms with Crippen LogP contribution in [-0.2, 0) is 0 Å². The van der Waals surface area contributed by atoms with E-state index in [9.17, 15) is 0 Å². The fourth-order valence-corrected chi connectivity index (χ4v) is 2.07. The van der Waals surface area contributed by atoms with Crippen LogP contribution in [0.15, 0.2) is 52.6 Å². The molecule has 0 saturated carbocycles. The molecule has 2 rings (SSSR count). The molecule has 1 aliphatic rings. The Morgan fingerprint density at radius 1 is 1.19 bits per heavy atom. The number of allylic oxidation sites excluding steroid dienone is 4. The van der Waals surface area contributed by atoms with E-state index in [4.69, 9.17) is 4.74 Å². The Kier molecular flexibility index (Phi) is 3.73. The highest BCUT2D eigenvalue weighted by molar-refractivity contribution is 7.98. The smallest absolute Gasteiger partial charge is 0.128 e. The SMILES string of the molecule is CSc1cccc(OC2=CC=C(C)CC2)c1. The van der Waals surface area contributed by atoms with Crippen LogP contribution in [0.4, 0.5) is 0 Å². The molecule has 0 spiro atoms. The summed E-state index contributed by atoms with van der Waals surface area (Å²) in [4.78, 5) is 1.24. The first-order valence-corrected chi connectivity index (χ1v) is 6.68. The minimum absolute atomic E-state index is 0.936. The molecule has 0 unspecified atom stereocenters. The minimum Gasteiger partial charge on any atom is -0.462 e. The van der Waals surface area contributed by atoms with E-state index >= 15 is 0 Å². The third-order valence-corrected chi connectivity index (χ3v) is 3.33. The highest BCUT2D eigenvalue weighted by Crippen LogP contribution is 2.25. The highest BCUT2D eigenvalue weighted by atomic mass is 32.2. The molecule has 0 saturated heterocycles. The lowest BCUT2D eigenvalue weighted by atomic mass is 10.1. The van der Waals surface area contributed by atoms with E-state index in [0.717, 1.165) is 24.4 Å². The summed E-state index contributed by atoms with van der Waals surface area (Å²) >= 11 is 1.73. The van der Waals surface area contributed by atoms with Crippen molar-refractivity contribution < 1.29 is 4.74 Å². The maximum absolute atomic E-state index is 5.85. The van der Waals surface area contributed by atoms with E-state index in [0.29, 0.717) is 0 Å². The Hall–Kier alpha value is -1.15. The zero-order valence-corrected chi connectivity index (χ0v) is 10.5. The molecule has 1 aliphatic carbocycles.